The van der Waals surface area contributed by atoms with Gasteiger partial charge >= 0.3 is 0 Å². The van der Waals surface area contributed by atoms with Gasteiger partial charge < -0.3 is 10.6 Å². The van der Waals surface area contributed by atoms with Crippen LogP contribution in [0.1, 0.15) is 22.3 Å². The van der Waals surface area contributed by atoms with E-state index in [2.05, 4.69) is 15.7 Å². The van der Waals surface area contributed by atoms with E-state index in [1.165, 1.54) is 11.3 Å². The predicted octanol–water partition coefficient (Wildman–Crippen LogP) is 2.75. The second kappa shape index (κ2) is 8.25. The highest BCUT2D eigenvalue weighted by Crippen LogP contribution is 2.12. The third-order valence-electron chi connectivity index (χ3n) is 3.54. The molecule has 3 rings (SSSR count). The number of nitrogens with one attached hydrogen (secondary N) is 2. The Morgan fingerprint density at radius 3 is 2.88 bits per heavy atom. The average molecular weight is 354 g/mol. The molecule has 0 saturated heterocycles. The maximum absolute atomic E-state index is 12.0. The number of amides is 2. The van der Waals surface area contributed by atoms with E-state index in [1.54, 1.807) is 17.6 Å². The molecule has 3 aromatic rings. The number of hydrogen-bond acceptors (Lipinski definition) is 4. The molecule has 2 amide bonds. The number of anilines is 1. The Morgan fingerprint density at radius 1 is 1.20 bits per heavy atom. The van der Waals surface area contributed by atoms with Crippen LogP contribution in [0.25, 0.3) is 0 Å². The molecule has 0 atom stereocenters. The number of benzene rings is 1. The summed E-state index contributed by atoms with van der Waals surface area (Å²) >= 11 is 1.47. The van der Waals surface area contributed by atoms with Crippen LogP contribution < -0.4 is 10.6 Å². The lowest BCUT2D eigenvalue weighted by molar-refractivity contribution is -0.116. The van der Waals surface area contributed by atoms with Crippen LogP contribution in [-0.2, 0) is 11.3 Å². The van der Waals surface area contributed by atoms with E-state index < -0.39 is 0 Å². The van der Waals surface area contributed by atoms with Crippen LogP contribution in [0.4, 0.5) is 5.69 Å². The molecule has 0 fully saturated rings. The van der Waals surface area contributed by atoms with Crippen molar-refractivity contribution in [1.29, 1.82) is 0 Å². The van der Waals surface area contributed by atoms with Crippen LogP contribution in [0.2, 0.25) is 0 Å². The van der Waals surface area contributed by atoms with Crippen LogP contribution >= 0.6 is 11.3 Å². The molecular formula is C18H18N4O2S. The Kier molecular flexibility index (Phi) is 5.58. The molecule has 0 aliphatic heterocycles. The Morgan fingerprint density at radius 2 is 2.12 bits per heavy atom. The quantitative estimate of drug-likeness (QED) is 0.685. The SMILES string of the molecule is O=C(CCNC(=O)c1ccsc1)Nc1cccc(Cn2cccn2)c1. The van der Waals surface area contributed by atoms with Crippen molar-refractivity contribution in [2.24, 2.45) is 0 Å². The summed E-state index contributed by atoms with van der Waals surface area (Å²) in [7, 11) is 0. The summed E-state index contributed by atoms with van der Waals surface area (Å²) in [4.78, 5) is 23.8. The topological polar surface area (TPSA) is 76.0 Å². The number of nitrogens with zero attached hydrogens (tertiary/aromatic N) is 2. The number of carbonyl (C=O) groups excluding carboxylic acids is 2. The molecule has 2 aromatic heterocycles. The highest BCUT2D eigenvalue weighted by atomic mass is 32.1. The summed E-state index contributed by atoms with van der Waals surface area (Å²) in [6.07, 6.45) is 3.84. The molecule has 2 heterocycles. The van der Waals surface area contributed by atoms with Crippen molar-refractivity contribution in [1.82, 2.24) is 15.1 Å². The van der Waals surface area contributed by atoms with Gasteiger partial charge in [-0.2, -0.15) is 16.4 Å². The summed E-state index contributed by atoms with van der Waals surface area (Å²) in [6.45, 7) is 0.945. The van der Waals surface area contributed by atoms with Crippen LogP contribution in [0.5, 0.6) is 0 Å². The molecule has 0 radical (unpaired) electrons. The zero-order valence-corrected chi connectivity index (χ0v) is 14.3. The fraction of sp³-hybridized carbons (Fsp3) is 0.167. The smallest absolute Gasteiger partial charge is 0.252 e. The zero-order chi connectivity index (χ0) is 17.5. The van der Waals surface area contributed by atoms with Gasteiger partial charge in [0.05, 0.1) is 6.54 Å². The highest BCUT2D eigenvalue weighted by Gasteiger charge is 2.07. The molecule has 25 heavy (non-hydrogen) atoms. The van der Waals surface area contributed by atoms with Gasteiger partial charge in [-0.05, 0) is 35.2 Å². The molecule has 7 heteroatoms. The van der Waals surface area contributed by atoms with Gasteiger partial charge in [-0.15, -0.1) is 0 Å². The van der Waals surface area contributed by atoms with Gasteiger partial charge in [0.1, 0.15) is 0 Å². The van der Waals surface area contributed by atoms with E-state index in [0.717, 1.165) is 11.3 Å². The largest absolute Gasteiger partial charge is 0.351 e. The molecule has 2 N–H and O–H groups in total. The lowest BCUT2D eigenvalue weighted by Crippen LogP contribution is -2.27. The van der Waals surface area contributed by atoms with Crippen LogP contribution in [0.15, 0.2) is 59.6 Å². The molecule has 1 aromatic carbocycles. The average Bonchev–Trinajstić information content (AvgIpc) is 3.28. The van der Waals surface area contributed by atoms with Crippen molar-refractivity contribution >= 4 is 28.8 Å². The Bertz CT molecular complexity index is 829. The normalized spacial score (nSPS) is 10.4. The van der Waals surface area contributed by atoms with Crippen molar-refractivity contribution in [3.8, 4) is 0 Å². The summed E-state index contributed by atoms with van der Waals surface area (Å²) < 4.78 is 1.82. The van der Waals surface area contributed by atoms with E-state index in [0.29, 0.717) is 18.7 Å². The molecule has 0 bridgehead atoms. The highest BCUT2D eigenvalue weighted by molar-refractivity contribution is 7.08. The maximum Gasteiger partial charge on any atom is 0.252 e. The minimum absolute atomic E-state index is 0.137. The molecule has 0 unspecified atom stereocenters. The van der Waals surface area contributed by atoms with Gasteiger partial charge in [-0.3, -0.25) is 14.3 Å². The van der Waals surface area contributed by atoms with Crippen molar-refractivity contribution in [2.75, 3.05) is 11.9 Å². The number of hydrogen-bond donors (Lipinski definition) is 2. The molecule has 6 nitrogen and oxygen atoms in total. The molecule has 0 saturated carbocycles. The van der Waals surface area contributed by atoms with Crippen molar-refractivity contribution in [2.45, 2.75) is 13.0 Å². The fourth-order valence-corrected chi connectivity index (χ4v) is 2.97. The third kappa shape index (κ3) is 5.02. The first-order chi connectivity index (χ1) is 12.2. The van der Waals surface area contributed by atoms with Crippen LogP contribution in [0, 0.1) is 0 Å². The third-order valence-corrected chi connectivity index (χ3v) is 4.22. The van der Waals surface area contributed by atoms with Gasteiger partial charge in [0.2, 0.25) is 5.91 Å². The first kappa shape index (κ1) is 16.9. The Hall–Kier alpha value is -2.93. The Balaban J connectivity index is 1.47. The van der Waals surface area contributed by atoms with Crippen molar-refractivity contribution in [3.05, 3.63) is 70.7 Å². The second-order valence-electron chi connectivity index (χ2n) is 5.47. The monoisotopic (exact) mass is 354 g/mol. The van der Waals surface area contributed by atoms with Crippen LogP contribution in [0.3, 0.4) is 0 Å². The second-order valence-corrected chi connectivity index (χ2v) is 6.25. The van der Waals surface area contributed by atoms with E-state index in [4.69, 9.17) is 0 Å². The number of rotatable bonds is 7. The van der Waals surface area contributed by atoms with Gasteiger partial charge in [-0.25, -0.2) is 0 Å². The summed E-state index contributed by atoms with van der Waals surface area (Å²) in [6, 6.07) is 11.3. The number of thiophene rings is 1. The van der Waals surface area contributed by atoms with Gasteiger partial charge in [0.25, 0.3) is 5.91 Å². The molecule has 128 valence electrons. The Labute approximate surface area is 149 Å². The zero-order valence-electron chi connectivity index (χ0n) is 13.5. The molecule has 0 aliphatic rings. The predicted molar refractivity (Wildman–Crippen MR) is 97.7 cm³/mol. The fourth-order valence-electron chi connectivity index (χ4n) is 2.34. The van der Waals surface area contributed by atoms with E-state index >= 15 is 0 Å². The van der Waals surface area contributed by atoms with Gasteiger partial charge in [-0.1, -0.05) is 12.1 Å². The minimum atomic E-state index is -0.157. The van der Waals surface area contributed by atoms with E-state index in [1.807, 2.05) is 46.6 Å². The van der Waals surface area contributed by atoms with Gasteiger partial charge in [0, 0.05) is 42.0 Å². The molecule has 0 spiro atoms. The summed E-state index contributed by atoms with van der Waals surface area (Å²) in [5.74, 6) is -0.294. The number of aromatic nitrogens is 2. The summed E-state index contributed by atoms with van der Waals surface area (Å²) in [5, 5.41) is 13.4. The lowest BCUT2D eigenvalue weighted by atomic mass is 10.2. The van der Waals surface area contributed by atoms with Crippen molar-refractivity contribution < 1.29 is 9.59 Å². The summed E-state index contributed by atoms with van der Waals surface area (Å²) in [5.41, 5.74) is 2.41. The maximum atomic E-state index is 12.0. The lowest BCUT2D eigenvalue weighted by Gasteiger charge is -2.08. The van der Waals surface area contributed by atoms with E-state index in [-0.39, 0.29) is 18.2 Å². The number of carbonyl (C=O) groups is 2. The minimum Gasteiger partial charge on any atom is -0.351 e. The molecular weight excluding hydrogens is 336 g/mol. The van der Waals surface area contributed by atoms with Gasteiger partial charge in [0.15, 0.2) is 0 Å². The first-order valence-electron chi connectivity index (χ1n) is 7.87. The van der Waals surface area contributed by atoms with Crippen LogP contribution in [-0.4, -0.2) is 28.1 Å². The standard InChI is InChI=1S/C18H18N4O2S/c23-17(5-8-19-18(24)15-6-10-25-13-15)21-16-4-1-3-14(11-16)12-22-9-2-7-20-22/h1-4,6-7,9-11,13H,5,8,12H2,(H,19,24)(H,21,23). The van der Waals surface area contributed by atoms with Crippen molar-refractivity contribution in [3.63, 3.8) is 0 Å². The van der Waals surface area contributed by atoms with E-state index in [9.17, 15) is 9.59 Å². The molecule has 0 aliphatic carbocycles. The first-order valence-corrected chi connectivity index (χ1v) is 8.81.